The molecule has 0 aliphatic heterocycles. The number of imidazole rings is 1. The van der Waals surface area contributed by atoms with Gasteiger partial charge >= 0.3 is 0 Å². The van der Waals surface area contributed by atoms with Crippen LogP contribution in [0.25, 0.3) is 11.2 Å². The van der Waals surface area contributed by atoms with E-state index in [-0.39, 0.29) is 0 Å². The number of aromatic nitrogens is 3. The Kier molecular flexibility index (Phi) is 4.91. The Morgan fingerprint density at radius 2 is 2.00 bits per heavy atom. The number of nitrogens with zero attached hydrogens (tertiary/aromatic N) is 3. The highest BCUT2D eigenvalue weighted by Gasteiger charge is 2.13. The van der Waals surface area contributed by atoms with Gasteiger partial charge in [0.1, 0.15) is 11.3 Å². The van der Waals surface area contributed by atoms with Crippen molar-refractivity contribution in [1.29, 1.82) is 0 Å². The van der Waals surface area contributed by atoms with Crippen molar-refractivity contribution in [3.63, 3.8) is 0 Å². The fourth-order valence-corrected chi connectivity index (χ4v) is 2.48. The highest BCUT2D eigenvalue weighted by Crippen LogP contribution is 2.20. The van der Waals surface area contributed by atoms with Crippen LogP contribution in [0.5, 0.6) is 0 Å². The maximum absolute atomic E-state index is 5.51. The Morgan fingerprint density at radius 3 is 2.74 bits per heavy atom. The van der Waals surface area contributed by atoms with E-state index in [9.17, 15) is 0 Å². The Hall–Kier alpha value is -1.42. The van der Waals surface area contributed by atoms with Gasteiger partial charge in [-0.3, -0.25) is 0 Å². The molecule has 2 aromatic rings. The van der Waals surface area contributed by atoms with Gasteiger partial charge in [-0.05, 0) is 45.4 Å². The van der Waals surface area contributed by atoms with Crippen LogP contribution in [0.3, 0.4) is 0 Å². The van der Waals surface area contributed by atoms with E-state index in [1.54, 1.807) is 0 Å². The minimum Gasteiger partial charge on any atom is -0.330 e. The highest BCUT2D eigenvalue weighted by molar-refractivity contribution is 5.71. The molecular formula is C15H24N4. The number of fused-ring (bicyclic) bond motifs is 1. The Bertz CT molecular complexity index is 516. The first-order valence-corrected chi connectivity index (χ1v) is 7.26. The summed E-state index contributed by atoms with van der Waals surface area (Å²) in [5.41, 5.74) is 7.53. The van der Waals surface area contributed by atoms with Gasteiger partial charge in [-0.15, -0.1) is 0 Å². The molecule has 0 atom stereocenters. The second-order valence-corrected chi connectivity index (χ2v) is 5.29. The van der Waals surface area contributed by atoms with Gasteiger partial charge in [-0.25, -0.2) is 9.97 Å². The molecular weight excluding hydrogens is 236 g/mol. The predicted octanol–water partition coefficient (Wildman–Crippen LogP) is 3.07. The maximum Gasteiger partial charge on any atom is 0.160 e. The third-order valence-electron chi connectivity index (χ3n) is 3.39. The largest absolute Gasteiger partial charge is 0.330 e. The minimum absolute atomic E-state index is 0.402. The molecule has 0 unspecified atom stereocenters. The summed E-state index contributed by atoms with van der Waals surface area (Å²) >= 11 is 0. The van der Waals surface area contributed by atoms with Gasteiger partial charge in [0.05, 0.1) is 0 Å². The zero-order chi connectivity index (χ0) is 13.7. The molecule has 2 heterocycles. The first kappa shape index (κ1) is 14.0. The van der Waals surface area contributed by atoms with Gasteiger partial charge in [-0.1, -0.05) is 12.8 Å². The quantitative estimate of drug-likeness (QED) is 0.778. The normalized spacial score (nSPS) is 11.6. The second-order valence-electron chi connectivity index (χ2n) is 5.29. The van der Waals surface area contributed by atoms with Gasteiger partial charge in [0.15, 0.2) is 5.65 Å². The zero-order valence-electron chi connectivity index (χ0n) is 12.0. The van der Waals surface area contributed by atoms with E-state index >= 15 is 0 Å². The van der Waals surface area contributed by atoms with Crippen molar-refractivity contribution in [2.75, 3.05) is 6.54 Å². The summed E-state index contributed by atoms with van der Waals surface area (Å²) in [6.07, 6.45) is 7.62. The topological polar surface area (TPSA) is 56.7 Å². The van der Waals surface area contributed by atoms with Crippen molar-refractivity contribution in [3.8, 4) is 0 Å². The van der Waals surface area contributed by atoms with Gasteiger partial charge in [0, 0.05) is 18.7 Å². The molecule has 104 valence electrons. The lowest BCUT2D eigenvalue weighted by Crippen LogP contribution is -2.07. The molecule has 4 nitrogen and oxygen atoms in total. The summed E-state index contributed by atoms with van der Waals surface area (Å²) in [4.78, 5) is 9.19. The van der Waals surface area contributed by atoms with Crippen LogP contribution in [-0.4, -0.2) is 21.1 Å². The minimum atomic E-state index is 0.402. The lowest BCUT2D eigenvalue weighted by molar-refractivity contribution is 0.559. The summed E-state index contributed by atoms with van der Waals surface area (Å²) in [6, 6.07) is 4.39. The van der Waals surface area contributed by atoms with E-state index in [0.29, 0.717) is 6.04 Å². The molecule has 19 heavy (non-hydrogen) atoms. The third-order valence-corrected chi connectivity index (χ3v) is 3.39. The molecule has 2 N–H and O–H groups in total. The Balaban J connectivity index is 2.11. The smallest absolute Gasteiger partial charge is 0.160 e. The van der Waals surface area contributed by atoms with Crippen molar-refractivity contribution in [3.05, 3.63) is 24.2 Å². The lowest BCUT2D eigenvalue weighted by atomic mass is 10.1. The van der Waals surface area contributed by atoms with Gasteiger partial charge in [0.2, 0.25) is 0 Å². The number of pyridine rings is 1. The van der Waals surface area contributed by atoms with Crippen molar-refractivity contribution in [1.82, 2.24) is 14.5 Å². The summed E-state index contributed by atoms with van der Waals surface area (Å²) in [5, 5.41) is 0. The number of rotatable bonds is 7. The molecule has 0 bridgehead atoms. The van der Waals surface area contributed by atoms with Gasteiger partial charge in [0.25, 0.3) is 0 Å². The molecule has 0 amide bonds. The number of nitrogens with two attached hydrogens (primary N) is 1. The first-order chi connectivity index (χ1) is 9.24. The number of hydrogen-bond acceptors (Lipinski definition) is 3. The first-order valence-electron chi connectivity index (χ1n) is 7.26. The third kappa shape index (κ3) is 3.32. The van der Waals surface area contributed by atoms with Crippen molar-refractivity contribution < 1.29 is 0 Å². The van der Waals surface area contributed by atoms with Gasteiger partial charge in [-0.2, -0.15) is 0 Å². The molecule has 0 radical (unpaired) electrons. The molecule has 4 heteroatoms. The van der Waals surface area contributed by atoms with Gasteiger partial charge < -0.3 is 10.3 Å². The zero-order valence-corrected chi connectivity index (χ0v) is 12.0. The van der Waals surface area contributed by atoms with Crippen LogP contribution in [0, 0.1) is 0 Å². The highest BCUT2D eigenvalue weighted by atomic mass is 15.1. The molecule has 0 aromatic carbocycles. The van der Waals surface area contributed by atoms with E-state index in [4.69, 9.17) is 10.7 Å². The molecule has 0 saturated heterocycles. The Labute approximate surface area is 115 Å². The summed E-state index contributed by atoms with van der Waals surface area (Å²) in [5.74, 6) is 1.16. The molecule has 2 aromatic heterocycles. The molecule has 0 fully saturated rings. The van der Waals surface area contributed by atoms with Crippen molar-refractivity contribution >= 4 is 11.2 Å². The lowest BCUT2D eigenvalue weighted by Gasteiger charge is -2.12. The number of aryl methyl sites for hydroxylation is 1. The average Bonchev–Trinajstić information content (AvgIpc) is 2.76. The maximum atomic E-state index is 5.51. The standard InChI is InChI=1S/C15H24N4/c1-12(2)19-14(9-5-3-4-6-10-16)18-13-8-7-11-17-15(13)19/h7-8,11-12H,3-6,9-10,16H2,1-2H3. The second kappa shape index (κ2) is 6.66. The fourth-order valence-electron chi connectivity index (χ4n) is 2.48. The van der Waals surface area contributed by atoms with Crippen molar-refractivity contribution in [2.45, 2.75) is 52.0 Å². The van der Waals surface area contributed by atoms with E-state index in [1.165, 1.54) is 19.3 Å². The number of unbranched alkanes of at least 4 members (excludes halogenated alkanes) is 3. The van der Waals surface area contributed by atoms with Crippen LogP contribution in [0.15, 0.2) is 18.3 Å². The van der Waals surface area contributed by atoms with Crippen molar-refractivity contribution in [2.24, 2.45) is 5.73 Å². The molecule has 0 aliphatic rings. The van der Waals surface area contributed by atoms with Crippen LogP contribution in [-0.2, 0) is 6.42 Å². The summed E-state index contributed by atoms with van der Waals surface area (Å²) < 4.78 is 2.26. The van der Waals surface area contributed by atoms with E-state index in [2.05, 4.69) is 23.4 Å². The fraction of sp³-hybridized carbons (Fsp3) is 0.600. The number of hydrogen-bond donors (Lipinski definition) is 1. The van der Waals surface area contributed by atoms with Crippen LogP contribution in [0.4, 0.5) is 0 Å². The molecule has 0 saturated carbocycles. The van der Waals surface area contributed by atoms with E-state index < -0.39 is 0 Å². The Morgan fingerprint density at radius 1 is 1.21 bits per heavy atom. The molecule has 0 spiro atoms. The molecule has 0 aliphatic carbocycles. The van der Waals surface area contributed by atoms with Crippen LogP contribution < -0.4 is 5.73 Å². The van der Waals surface area contributed by atoms with E-state index in [1.807, 2.05) is 18.3 Å². The SMILES string of the molecule is CC(C)n1c(CCCCCCN)nc2cccnc21. The van der Waals surface area contributed by atoms with Crippen LogP contribution in [0.2, 0.25) is 0 Å². The summed E-state index contributed by atoms with van der Waals surface area (Å²) in [7, 11) is 0. The predicted molar refractivity (Wildman–Crippen MR) is 79.1 cm³/mol. The van der Waals surface area contributed by atoms with E-state index in [0.717, 1.165) is 36.4 Å². The molecule has 2 rings (SSSR count). The summed E-state index contributed by atoms with van der Waals surface area (Å²) in [6.45, 7) is 5.18. The van der Waals surface area contributed by atoms with Crippen LogP contribution in [0.1, 0.15) is 51.4 Å². The average molecular weight is 260 g/mol. The van der Waals surface area contributed by atoms with Crippen LogP contribution >= 0.6 is 0 Å². The monoisotopic (exact) mass is 260 g/mol.